The van der Waals surface area contributed by atoms with Crippen LogP contribution in [-0.2, 0) is 10.0 Å². The highest BCUT2D eigenvalue weighted by Crippen LogP contribution is 2.34. The van der Waals surface area contributed by atoms with Gasteiger partial charge in [-0.05, 0) is 45.0 Å². The minimum Gasteiger partial charge on any atom is -0.368 e. The Morgan fingerprint density at radius 3 is 2.10 bits per heavy atom. The lowest BCUT2D eigenvalue weighted by molar-refractivity contribution is 0.209. The number of hydrogen-bond donors (Lipinski definition) is 1. The van der Waals surface area contributed by atoms with Crippen molar-refractivity contribution in [1.29, 1.82) is 0 Å². The normalized spacial score (nSPS) is 15.7. The van der Waals surface area contributed by atoms with E-state index in [9.17, 15) is 8.42 Å². The summed E-state index contributed by atoms with van der Waals surface area (Å²) in [6.07, 6.45) is 0. The molecule has 3 aromatic rings. The molecular weight excluding hydrogens is 394 g/mol. The van der Waals surface area contributed by atoms with Crippen LogP contribution >= 0.6 is 0 Å². The van der Waals surface area contributed by atoms with Crippen molar-refractivity contribution in [2.75, 3.05) is 35.8 Å². The van der Waals surface area contributed by atoms with Crippen molar-refractivity contribution in [3.8, 4) is 0 Å². The van der Waals surface area contributed by atoms with Crippen LogP contribution in [0.15, 0.2) is 65.6 Å². The van der Waals surface area contributed by atoms with E-state index in [0.717, 1.165) is 48.2 Å². The maximum atomic E-state index is 12.9. The summed E-state index contributed by atoms with van der Waals surface area (Å²) in [4.78, 5) is 5.16. The van der Waals surface area contributed by atoms with Crippen LogP contribution in [0.5, 0.6) is 0 Å². The molecule has 1 N–H and O–H groups in total. The molecule has 5 nitrogen and oxygen atoms in total. The number of piperazine rings is 1. The first-order chi connectivity index (χ1) is 14.3. The van der Waals surface area contributed by atoms with E-state index in [4.69, 9.17) is 0 Å². The van der Waals surface area contributed by atoms with Gasteiger partial charge < -0.3 is 4.90 Å². The van der Waals surface area contributed by atoms with Gasteiger partial charge in [0, 0.05) is 48.7 Å². The van der Waals surface area contributed by atoms with Crippen LogP contribution in [0.25, 0.3) is 10.8 Å². The molecule has 1 fully saturated rings. The molecular formula is C24H29N3O2S. The number of nitrogens with zero attached hydrogens (tertiary/aromatic N) is 2. The monoisotopic (exact) mass is 423 g/mol. The summed E-state index contributed by atoms with van der Waals surface area (Å²) in [5.74, 6) is 0. The van der Waals surface area contributed by atoms with E-state index in [1.807, 2.05) is 49.4 Å². The summed E-state index contributed by atoms with van der Waals surface area (Å²) in [5, 5.41) is 1.98. The van der Waals surface area contributed by atoms with E-state index in [-0.39, 0.29) is 4.90 Å². The summed E-state index contributed by atoms with van der Waals surface area (Å²) in [7, 11) is -3.65. The van der Waals surface area contributed by atoms with Gasteiger partial charge >= 0.3 is 0 Å². The zero-order valence-electron chi connectivity index (χ0n) is 17.8. The van der Waals surface area contributed by atoms with Gasteiger partial charge in [-0.3, -0.25) is 9.62 Å². The van der Waals surface area contributed by atoms with Gasteiger partial charge in [0.15, 0.2) is 0 Å². The lowest BCUT2D eigenvalue weighted by Crippen LogP contribution is -2.48. The van der Waals surface area contributed by atoms with E-state index in [1.165, 1.54) is 0 Å². The van der Waals surface area contributed by atoms with Crippen LogP contribution in [0.4, 0.5) is 11.4 Å². The number of hydrogen-bond acceptors (Lipinski definition) is 4. The molecule has 6 heteroatoms. The van der Waals surface area contributed by atoms with Gasteiger partial charge in [0.05, 0.1) is 10.6 Å². The average Bonchev–Trinajstić information content (AvgIpc) is 2.74. The molecule has 30 heavy (non-hydrogen) atoms. The zero-order valence-corrected chi connectivity index (χ0v) is 18.6. The van der Waals surface area contributed by atoms with Crippen molar-refractivity contribution in [2.24, 2.45) is 0 Å². The summed E-state index contributed by atoms with van der Waals surface area (Å²) in [6, 6.07) is 19.4. The Balaban J connectivity index is 1.65. The number of sulfonamides is 1. The fraction of sp³-hybridized carbons (Fsp3) is 0.333. The van der Waals surface area contributed by atoms with Crippen molar-refractivity contribution in [3.05, 3.63) is 66.2 Å². The van der Waals surface area contributed by atoms with Crippen molar-refractivity contribution in [3.63, 3.8) is 0 Å². The van der Waals surface area contributed by atoms with Gasteiger partial charge in [-0.2, -0.15) is 0 Å². The topological polar surface area (TPSA) is 52.7 Å². The minimum absolute atomic E-state index is 0.270. The molecule has 0 saturated carbocycles. The zero-order chi connectivity index (χ0) is 21.3. The van der Waals surface area contributed by atoms with Gasteiger partial charge in [0.2, 0.25) is 0 Å². The molecule has 0 radical (unpaired) electrons. The second-order valence-corrected chi connectivity index (χ2v) is 9.90. The first-order valence-corrected chi connectivity index (χ1v) is 11.9. The smallest absolute Gasteiger partial charge is 0.261 e. The summed E-state index contributed by atoms with van der Waals surface area (Å²) < 4.78 is 28.6. The largest absolute Gasteiger partial charge is 0.368 e. The molecule has 1 aliphatic heterocycles. The third-order valence-corrected chi connectivity index (χ3v) is 7.24. The fourth-order valence-electron chi connectivity index (χ4n) is 4.05. The van der Waals surface area contributed by atoms with Gasteiger partial charge in [-0.15, -0.1) is 0 Å². The van der Waals surface area contributed by atoms with Crippen LogP contribution in [0.1, 0.15) is 19.4 Å². The number of nitrogens with one attached hydrogen (secondary N) is 1. The van der Waals surface area contributed by atoms with E-state index in [2.05, 4.69) is 34.4 Å². The molecule has 0 aromatic heterocycles. The molecule has 1 saturated heterocycles. The fourth-order valence-corrected chi connectivity index (χ4v) is 5.13. The number of aryl methyl sites for hydroxylation is 1. The minimum atomic E-state index is -3.65. The Morgan fingerprint density at radius 2 is 1.47 bits per heavy atom. The third-order valence-electron chi connectivity index (χ3n) is 5.86. The highest BCUT2D eigenvalue weighted by Gasteiger charge is 2.22. The maximum absolute atomic E-state index is 12.9. The van der Waals surface area contributed by atoms with Crippen molar-refractivity contribution < 1.29 is 8.42 Å². The van der Waals surface area contributed by atoms with Crippen molar-refractivity contribution >= 4 is 32.2 Å². The molecule has 0 amide bonds. The highest BCUT2D eigenvalue weighted by atomic mass is 32.2. The molecule has 1 heterocycles. The second-order valence-electron chi connectivity index (χ2n) is 8.21. The van der Waals surface area contributed by atoms with Crippen molar-refractivity contribution in [2.45, 2.75) is 31.7 Å². The standard InChI is InChI=1S/C24H29N3O2S/c1-18(2)26-14-16-27(17-15-26)24-13-12-23(21-6-4-5-7-22(21)24)25-30(28,29)20-10-8-19(3)9-11-20/h4-13,18,25H,14-17H2,1-3H3. The van der Waals surface area contributed by atoms with E-state index >= 15 is 0 Å². The SMILES string of the molecule is Cc1ccc(S(=O)(=O)Nc2ccc(N3CCN(C(C)C)CC3)c3ccccc23)cc1. The van der Waals surface area contributed by atoms with Gasteiger partial charge in [-0.25, -0.2) is 8.42 Å². The predicted molar refractivity (Wildman–Crippen MR) is 125 cm³/mol. The van der Waals surface area contributed by atoms with Crippen LogP contribution < -0.4 is 9.62 Å². The lowest BCUT2D eigenvalue weighted by Gasteiger charge is -2.38. The quantitative estimate of drug-likeness (QED) is 0.657. The first kappa shape index (κ1) is 20.7. The molecule has 0 unspecified atom stereocenters. The number of benzene rings is 3. The Kier molecular flexibility index (Phi) is 5.71. The Bertz CT molecular complexity index is 1130. The molecule has 4 rings (SSSR count). The van der Waals surface area contributed by atoms with Gasteiger partial charge in [0.25, 0.3) is 10.0 Å². The van der Waals surface area contributed by atoms with Gasteiger partial charge in [0.1, 0.15) is 0 Å². The van der Waals surface area contributed by atoms with Gasteiger partial charge in [-0.1, -0.05) is 42.0 Å². The molecule has 0 bridgehead atoms. The molecule has 0 spiro atoms. The number of rotatable bonds is 5. The van der Waals surface area contributed by atoms with E-state index in [1.54, 1.807) is 12.1 Å². The summed E-state index contributed by atoms with van der Waals surface area (Å²) in [6.45, 7) is 10.4. The van der Waals surface area contributed by atoms with Crippen LogP contribution in [0.3, 0.4) is 0 Å². The summed E-state index contributed by atoms with van der Waals surface area (Å²) in [5.41, 5.74) is 2.80. The lowest BCUT2D eigenvalue weighted by atomic mass is 10.1. The van der Waals surface area contributed by atoms with Crippen LogP contribution in [0, 0.1) is 6.92 Å². The van der Waals surface area contributed by atoms with Crippen molar-refractivity contribution in [1.82, 2.24) is 4.90 Å². The van der Waals surface area contributed by atoms with E-state index < -0.39 is 10.0 Å². The number of fused-ring (bicyclic) bond motifs is 1. The predicted octanol–water partition coefficient (Wildman–Crippen LogP) is 4.48. The Morgan fingerprint density at radius 1 is 0.833 bits per heavy atom. The van der Waals surface area contributed by atoms with Crippen LogP contribution in [-0.4, -0.2) is 45.5 Å². The maximum Gasteiger partial charge on any atom is 0.261 e. The Hall–Kier alpha value is -2.57. The molecule has 0 atom stereocenters. The summed E-state index contributed by atoms with van der Waals surface area (Å²) >= 11 is 0. The highest BCUT2D eigenvalue weighted by molar-refractivity contribution is 7.92. The molecule has 3 aromatic carbocycles. The second kappa shape index (κ2) is 8.28. The molecule has 158 valence electrons. The third kappa shape index (κ3) is 4.16. The number of anilines is 2. The van der Waals surface area contributed by atoms with Crippen LogP contribution in [0.2, 0.25) is 0 Å². The average molecular weight is 424 g/mol. The first-order valence-electron chi connectivity index (χ1n) is 10.5. The van der Waals surface area contributed by atoms with E-state index in [0.29, 0.717) is 11.7 Å². The molecule has 1 aliphatic rings. The Labute approximate surface area is 179 Å². The molecule has 0 aliphatic carbocycles.